The highest BCUT2D eigenvalue weighted by Gasteiger charge is 2.11. The van der Waals surface area contributed by atoms with Crippen LogP contribution < -0.4 is 5.73 Å². The van der Waals surface area contributed by atoms with Gasteiger partial charge in [0, 0.05) is 12.1 Å². The highest BCUT2D eigenvalue weighted by Crippen LogP contribution is 2.27. The molecule has 2 N–H and O–H groups in total. The molecule has 2 nitrogen and oxygen atoms in total. The van der Waals surface area contributed by atoms with E-state index >= 15 is 0 Å². The molecule has 17 heavy (non-hydrogen) atoms. The van der Waals surface area contributed by atoms with E-state index in [4.69, 9.17) is 5.73 Å². The normalized spacial score (nSPS) is 10.2. The lowest BCUT2D eigenvalue weighted by Gasteiger charge is -2.10. The van der Waals surface area contributed by atoms with Gasteiger partial charge in [-0.25, -0.2) is 0 Å². The molecule has 0 unspecified atom stereocenters. The zero-order valence-corrected chi connectivity index (χ0v) is 10.2. The first kappa shape index (κ1) is 11.9. The van der Waals surface area contributed by atoms with Gasteiger partial charge in [-0.3, -0.25) is 4.79 Å². The first-order chi connectivity index (χ1) is 8.24. The van der Waals surface area contributed by atoms with Gasteiger partial charge in [0.25, 0.3) is 0 Å². The minimum absolute atomic E-state index is 0.229. The zero-order valence-electron chi connectivity index (χ0n) is 9.26. The predicted octanol–water partition coefficient (Wildman–Crippen LogP) is 2.88. The van der Waals surface area contributed by atoms with Crippen LogP contribution in [-0.2, 0) is 6.54 Å². The Morgan fingerprint density at radius 2 is 1.59 bits per heavy atom. The number of rotatable bonds is 3. The van der Waals surface area contributed by atoms with Crippen molar-refractivity contribution in [3.05, 3.63) is 59.7 Å². The average Bonchev–Trinajstić information content (AvgIpc) is 2.38. The molecule has 0 atom stereocenters. The van der Waals surface area contributed by atoms with E-state index in [9.17, 15) is 4.79 Å². The molecule has 2 aromatic carbocycles. The molecular formula is C14H13NOS. The van der Waals surface area contributed by atoms with Gasteiger partial charge in [-0.2, -0.15) is 0 Å². The van der Waals surface area contributed by atoms with E-state index in [0.29, 0.717) is 12.1 Å². The second-order valence-corrected chi connectivity index (χ2v) is 4.12. The number of thiol groups is 1. The molecule has 0 aliphatic rings. The van der Waals surface area contributed by atoms with Crippen LogP contribution in [0.15, 0.2) is 48.5 Å². The number of benzene rings is 2. The van der Waals surface area contributed by atoms with Crippen LogP contribution in [0.25, 0.3) is 11.1 Å². The fraction of sp³-hybridized carbons (Fsp3) is 0.0714. The van der Waals surface area contributed by atoms with Crippen molar-refractivity contribution in [3.8, 4) is 11.1 Å². The van der Waals surface area contributed by atoms with Gasteiger partial charge in [0.1, 0.15) is 0 Å². The molecule has 0 heterocycles. The Balaban J connectivity index is 2.64. The van der Waals surface area contributed by atoms with Crippen molar-refractivity contribution in [2.45, 2.75) is 6.54 Å². The average molecular weight is 243 g/mol. The standard InChI is InChI=1S/C14H13NOS/c15-9-10-5-1-2-6-11(10)12-7-3-4-8-13(12)14(16)17/h1-8H,9,15H2,(H,16,17). The second-order valence-electron chi connectivity index (χ2n) is 3.71. The van der Waals surface area contributed by atoms with Crippen molar-refractivity contribution in [3.63, 3.8) is 0 Å². The highest BCUT2D eigenvalue weighted by molar-refractivity contribution is 7.97. The summed E-state index contributed by atoms with van der Waals surface area (Å²) in [4.78, 5) is 11.5. The molecule has 3 heteroatoms. The molecule has 0 aliphatic carbocycles. The van der Waals surface area contributed by atoms with Crippen LogP contribution >= 0.6 is 12.6 Å². The maximum Gasteiger partial charge on any atom is 0.216 e. The highest BCUT2D eigenvalue weighted by atomic mass is 32.1. The number of carbonyl (C=O) groups excluding carboxylic acids is 1. The van der Waals surface area contributed by atoms with Gasteiger partial charge in [-0.15, -0.1) is 12.6 Å². The van der Waals surface area contributed by atoms with E-state index in [0.717, 1.165) is 16.7 Å². The SMILES string of the molecule is NCc1ccccc1-c1ccccc1C(=O)S. The van der Waals surface area contributed by atoms with Crippen molar-refractivity contribution in [2.24, 2.45) is 5.73 Å². The third-order valence-corrected chi connectivity index (χ3v) is 2.93. The summed E-state index contributed by atoms with van der Waals surface area (Å²) in [6.07, 6.45) is 0. The molecule has 2 rings (SSSR count). The summed E-state index contributed by atoms with van der Waals surface area (Å²) in [5.41, 5.74) is 9.22. The van der Waals surface area contributed by atoms with Crippen molar-refractivity contribution in [2.75, 3.05) is 0 Å². The third-order valence-electron chi connectivity index (χ3n) is 2.68. The number of hydrogen-bond donors (Lipinski definition) is 2. The Labute approximate surface area is 106 Å². The maximum absolute atomic E-state index is 11.5. The Morgan fingerprint density at radius 3 is 2.24 bits per heavy atom. The van der Waals surface area contributed by atoms with E-state index in [1.165, 1.54) is 0 Å². The molecule has 0 radical (unpaired) electrons. The molecule has 0 aromatic heterocycles. The quantitative estimate of drug-likeness (QED) is 0.814. The topological polar surface area (TPSA) is 43.1 Å². The third kappa shape index (κ3) is 2.40. The van der Waals surface area contributed by atoms with E-state index in [1.807, 2.05) is 42.5 Å². The Hall–Kier alpha value is -1.58. The Kier molecular flexibility index (Phi) is 3.61. The summed E-state index contributed by atoms with van der Waals surface area (Å²) in [5, 5.41) is -0.229. The van der Waals surface area contributed by atoms with Gasteiger partial charge < -0.3 is 5.73 Å². The van der Waals surface area contributed by atoms with Crippen LogP contribution in [0.3, 0.4) is 0 Å². The fourth-order valence-corrected chi connectivity index (χ4v) is 2.06. The van der Waals surface area contributed by atoms with Gasteiger partial charge in [0.2, 0.25) is 5.12 Å². The molecule has 0 bridgehead atoms. The maximum atomic E-state index is 11.5. The van der Waals surface area contributed by atoms with Gasteiger partial charge in [-0.05, 0) is 22.8 Å². The minimum Gasteiger partial charge on any atom is -0.326 e. The van der Waals surface area contributed by atoms with Gasteiger partial charge in [-0.1, -0.05) is 42.5 Å². The van der Waals surface area contributed by atoms with Crippen molar-refractivity contribution >= 4 is 17.7 Å². The Bertz CT molecular complexity index is 551. The summed E-state index contributed by atoms with van der Waals surface area (Å²) in [6.45, 7) is 0.450. The first-order valence-corrected chi connectivity index (χ1v) is 5.79. The van der Waals surface area contributed by atoms with E-state index in [2.05, 4.69) is 12.6 Å². The first-order valence-electron chi connectivity index (χ1n) is 5.34. The molecule has 0 fully saturated rings. The van der Waals surface area contributed by atoms with Gasteiger partial charge in [0.15, 0.2) is 0 Å². The van der Waals surface area contributed by atoms with Crippen LogP contribution in [0.5, 0.6) is 0 Å². The minimum atomic E-state index is -0.229. The lowest BCUT2D eigenvalue weighted by molar-refractivity contribution is 0.109. The summed E-state index contributed by atoms with van der Waals surface area (Å²) < 4.78 is 0. The molecule has 0 aliphatic heterocycles. The molecule has 86 valence electrons. The van der Waals surface area contributed by atoms with Crippen molar-refractivity contribution in [1.82, 2.24) is 0 Å². The number of nitrogens with two attached hydrogens (primary N) is 1. The molecule has 0 saturated carbocycles. The molecule has 0 spiro atoms. The van der Waals surface area contributed by atoms with Crippen LogP contribution in [-0.4, -0.2) is 5.12 Å². The van der Waals surface area contributed by atoms with E-state index in [-0.39, 0.29) is 5.12 Å². The molecule has 0 amide bonds. The van der Waals surface area contributed by atoms with Crippen LogP contribution in [0, 0.1) is 0 Å². The number of carbonyl (C=O) groups is 1. The van der Waals surface area contributed by atoms with Gasteiger partial charge in [0.05, 0.1) is 0 Å². The summed E-state index contributed by atoms with van der Waals surface area (Å²) >= 11 is 3.90. The monoisotopic (exact) mass is 243 g/mol. The second kappa shape index (κ2) is 5.17. The molecule has 0 saturated heterocycles. The lowest BCUT2D eigenvalue weighted by Crippen LogP contribution is -2.01. The van der Waals surface area contributed by atoms with Crippen LogP contribution in [0.4, 0.5) is 0 Å². The largest absolute Gasteiger partial charge is 0.326 e. The zero-order chi connectivity index (χ0) is 12.3. The molecular weight excluding hydrogens is 230 g/mol. The fourth-order valence-electron chi connectivity index (χ4n) is 1.87. The van der Waals surface area contributed by atoms with E-state index < -0.39 is 0 Å². The predicted molar refractivity (Wildman–Crippen MR) is 73.1 cm³/mol. The van der Waals surface area contributed by atoms with E-state index in [1.54, 1.807) is 6.07 Å². The van der Waals surface area contributed by atoms with Crippen molar-refractivity contribution in [1.29, 1.82) is 0 Å². The van der Waals surface area contributed by atoms with Crippen LogP contribution in [0.2, 0.25) is 0 Å². The van der Waals surface area contributed by atoms with Crippen LogP contribution in [0.1, 0.15) is 15.9 Å². The summed E-state index contributed by atoms with van der Waals surface area (Å²) in [5.74, 6) is 0. The Morgan fingerprint density at radius 1 is 1.00 bits per heavy atom. The van der Waals surface area contributed by atoms with Crippen molar-refractivity contribution < 1.29 is 4.79 Å². The smallest absolute Gasteiger partial charge is 0.216 e. The lowest BCUT2D eigenvalue weighted by atomic mass is 9.96. The molecule has 2 aromatic rings. The summed E-state index contributed by atoms with van der Waals surface area (Å²) in [7, 11) is 0. The number of hydrogen-bond acceptors (Lipinski definition) is 2. The summed E-state index contributed by atoms with van der Waals surface area (Å²) in [6, 6.07) is 15.2. The van der Waals surface area contributed by atoms with Gasteiger partial charge >= 0.3 is 0 Å².